The number of halogens is 1. The van der Waals surface area contributed by atoms with Crippen LogP contribution in [-0.4, -0.2) is 17.5 Å². The summed E-state index contributed by atoms with van der Waals surface area (Å²) in [5.74, 6) is 0. The van der Waals surface area contributed by atoms with E-state index in [-0.39, 0.29) is 5.60 Å². The molecule has 2 aliphatic rings. The monoisotopic (exact) mass is 341 g/mol. The highest BCUT2D eigenvalue weighted by Crippen LogP contribution is 2.45. The molecule has 1 aromatic rings. The summed E-state index contributed by atoms with van der Waals surface area (Å²) >= 11 is 5.40. The molecule has 0 amide bonds. The van der Waals surface area contributed by atoms with Crippen molar-refractivity contribution in [1.29, 1.82) is 0 Å². The van der Waals surface area contributed by atoms with Gasteiger partial charge in [-0.2, -0.15) is 0 Å². The Morgan fingerprint density at radius 1 is 1.32 bits per heavy atom. The van der Waals surface area contributed by atoms with Gasteiger partial charge in [-0.3, -0.25) is 0 Å². The van der Waals surface area contributed by atoms with Crippen molar-refractivity contribution >= 4 is 33.4 Å². The van der Waals surface area contributed by atoms with Crippen molar-refractivity contribution in [1.82, 2.24) is 0 Å². The van der Waals surface area contributed by atoms with Crippen molar-refractivity contribution in [2.24, 2.45) is 0 Å². The summed E-state index contributed by atoms with van der Waals surface area (Å²) in [7, 11) is 0. The molecule has 1 saturated heterocycles. The van der Waals surface area contributed by atoms with E-state index in [1.807, 2.05) is 17.8 Å². The van der Waals surface area contributed by atoms with Gasteiger partial charge in [-0.15, -0.1) is 11.8 Å². The number of nitrogen functional groups attached to an aromatic ring is 1. The molecule has 2 nitrogen and oxygen atoms in total. The zero-order chi connectivity index (χ0) is 13.3. The molecular formula is C15H20BrNOS. The second-order valence-corrected chi connectivity index (χ2v) is 7.91. The van der Waals surface area contributed by atoms with Crippen molar-refractivity contribution in [2.45, 2.75) is 54.3 Å². The molecule has 0 bridgehead atoms. The van der Waals surface area contributed by atoms with Gasteiger partial charge in [0, 0.05) is 26.9 Å². The third-order valence-electron chi connectivity index (χ3n) is 4.23. The normalized spacial score (nSPS) is 25.8. The predicted octanol–water partition coefficient (Wildman–Crippen LogP) is 4.62. The minimum atomic E-state index is 0.194. The smallest absolute Gasteiger partial charge is 0.0693 e. The first-order valence-electron chi connectivity index (χ1n) is 7.03. The van der Waals surface area contributed by atoms with Crippen molar-refractivity contribution in [3.05, 3.63) is 22.7 Å². The molecule has 1 aliphatic carbocycles. The summed E-state index contributed by atoms with van der Waals surface area (Å²) in [5, 5.41) is 0.648. The summed E-state index contributed by atoms with van der Waals surface area (Å²) in [6.45, 7) is 0.911. The van der Waals surface area contributed by atoms with Crippen LogP contribution in [0.3, 0.4) is 0 Å². The van der Waals surface area contributed by atoms with Crippen molar-refractivity contribution in [3.8, 4) is 0 Å². The average Bonchev–Trinajstić information content (AvgIpc) is 2.81. The van der Waals surface area contributed by atoms with Gasteiger partial charge in [0.25, 0.3) is 0 Å². The topological polar surface area (TPSA) is 35.2 Å². The predicted molar refractivity (Wildman–Crippen MR) is 84.6 cm³/mol. The molecular weight excluding hydrogens is 322 g/mol. The van der Waals surface area contributed by atoms with Gasteiger partial charge < -0.3 is 10.5 Å². The van der Waals surface area contributed by atoms with Crippen LogP contribution in [0, 0.1) is 0 Å². The quantitative estimate of drug-likeness (QED) is 0.797. The van der Waals surface area contributed by atoms with Crippen LogP contribution in [0.2, 0.25) is 0 Å². The molecule has 1 saturated carbocycles. The van der Waals surface area contributed by atoms with Gasteiger partial charge >= 0.3 is 0 Å². The molecule has 0 aromatic heterocycles. The lowest BCUT2D eigenvalue weighted by atomic mass is 9.92. The minimum Gasteiger partial charge on any atom is -0.398 e. The molecule has 0 radical (unpaired) electrons. The Labute approximate surface area is 127 Å². The molecule has 4 heteroatoms. The zero-order valence-corrected chi connectivity index (χ0v) is 13.4. The Morgan fingerprint density at radius 2 is 2.11 bits per heavy atom. The lowest BCUT2D eigenvalue weighted by Crippen LogP contribution is -2.38. The molecule has 1 spiro atoms. The number of ether oxygens (including phenoxy) is 1. The van der Waals surface area contributed by atoms with Crippen molar-refractivity contribution in [2.75, 3.05) is 12.3 Å². The zero-order valence-electron chi connectivity index (χ0n) is 11.0. The number of nitrogens with two attached hydrogens (primary N) is 1. The Morgan fingerprint density at radius 3 is 2.84 bits per heavy atom. The highest BCUT2D eigenvalue weighted by atomic mass is 79.9. The molecule has 19 heavy (non-hydrogen) atoms. The van der Waals surface area contributed by atoms with E-state index in [0.717, 1.165) is 23.2 Å². The Kier molecular flexibility index (Phi) is 4.11. The summed E-state index contributed by atoms with van der Waals surface area (Å²) < 4.78 is 7.14. The van der Waals surface area contributed by atoms with Gasteiger partial charge in [0.15, 0.2) is 0 Å². The van der Waals surface area contributed by atoms with Gasteiger partial charge in [-0.05, 0) is 43.9 Å². The molecule has 1 aromatic carbocycles. The van der Waals surface area contributed by atoms with Crippen molar-refractivity contribution < 1.29 is 4.74 Å². The van der Waals surface area contributed by atoms with Gasteiger partial charge in [0.05, 0.1) is 5.60 Å². The van der Waals surface area contributed by atoms with Crippen LogP contribution in [0.1, 0.15) is 38.5 Å². The van der Waals surface area contributed by atoms with E-state index in [0.29, 0.717) is 5.25 Å². The van der Waals surface area contributed by atoms with E-state index in [4.69, 9.17) is 10.5 Å². The Bertz CT molecular complexity index is 459. The number of hydrogen-bond acceptors (Lipinski definition) is 3. The highest BCUT2D eigenvalue weighted by Gasteiger charge is 2.40. The lowest BCUT2D eigenvalue weighted by Gasteiger charge is -2.38. The maximum absolute atomic E-state index is 6.10. The first-order chi connectivity index (χ1) is 9.17. The van der Waals surface area contributed by atoms with Crippen LogP contribution >= 0.6 is 27.7 Å². The van der Waals surface area contributed by atoms with E-state index in [1.54, 1.807) is 0 Å². The molecule has 2 fully saturated rings. The SMILES string of the molecule is Nc1cc(Br)ccc1SC1CCOC2(CCCC2)C1. The molecule has 104 valence electrons. The van der Waals surface area contributed by atoms with Gasteiger partial charge in [0.1, 0.15) is 0 Å². The highest BCUT2D eigenvalue weighted by molar-refractivity contribution is 9.10. The molecule has 2 N–H and O–H groups in total. The van der Waals surface area contributed by atoms with Crippen LogP contribution in [0.25, 0.3) is 0 Å². The molecule has 1 unspecified atom stereocenters. The summed E-state index contributed by atoms with van der Waals surface area (Å²) in [5.41, 5.74) is 7.18. The summed E-state index contributed by atoms with van der Waals surface area (Å²) in [6.07, 6.45) is 7.49. The third-order valence-corrected chi connectivity index (χ3v) is 6.08. The fourth-order valence-electron chi connectivity index (χ4n) is 3.26. The van der Waals surface area contributed by atoms with Gasteiger partial charge in [-0.1, -0.05) is 28.8 Å². The second-order valence-electron chi connectivity index (χ2n) is 5.65. The molecule has 1 aliphatic heterocycles. The van der Waals surface area contributed by atoms with E-state index < -0.39 is 0 Å². The largest absolute Gasteiger partial charge is 0.398 e. The average molecular weight is 342 g/mol. The van der Waals surface area contributed by atoms with Gasteiger partial charge in [0.2, 0.25) is 0 Å². The second kappa shape index (κ2) is 5.66. The van der Waals surface area contributed by atoms with Gasteiger partial charge in [-0.25, -0.2) is 0 Å². The first kappa shape index (κ1) is 13.8. The molecule has 1 atom stereocenters. The Balaban J connectivity index is 1.69. The number of thioether (sulfide) groups is 1. The fourth-order valence-corrected chi connectivity index (χ4v) is 4.94. The number of anilines is 1. The number of hydrogen-bond donors (Lipinski definition) is 1. The van der Waals surface area contributed by atoms with Crippen molar-refractivity contribution in [3.63, 3.8) is 0 Å². The maximum Gasteiger partial charge on any atom is 0.0693 e. The van der Waals surface area contributed by atoms with E-state index >= 15 is 0 Å². The lowest BCUT2D eigenvalue weighted by molar-refractivity contribution is -0.0703. The molecule has 3 rings (SSSR count). The maximum atomic E-state index is 6.10. The van der Waals surface area contributed by atoms with Crippen LogP contribution in [-0.2, 0) is 4.74 Å². The van der Waals surface area contributed by atoms with Crippen LogP contribution in [0.5, 0.6) is 0 Å². The standard InChI is InChI=1S/C15H20BrNOS/c16-11-3-4-14(13(17)9-11)19-12-5-8-18-15(10-12)6-1-2-7-15/h3-4,9,12H,1-2,5-8,10,17H2. The van der Waals surface area contributed by atoms with Crippen LogP contribution < -0.4 is 5.73 Å². The number of rotatable bonds is 2. The Hall–Kier alpha value is -0.190. The van der Waals surface area contributed by atoms with Crippen LogP contribution in [0.15, 0.2) is 27.6 Å². The fraction of sp³-hybridized carbons (Fsp3) is 0.600. The first-order valence-corrected chi connectivity index (χ1v) is 8.70. The summed E-state index contributed by atoms with van der Waals surface area (Å²) in [6, 6.07) is 6.19. The van der Waals surface area contributed by atoms with Crippen LogP contribution in [0.4, 0.5) is 5.69 Å². The van der Waals surface area contributed by atoms with E-state index in [1.165, 1.54) is 37.0 Å². The summed E-state index contributed by atoms with van der Waals surface area (Å²) in [4.78, 5) is 1.21. The third kappa shape index (κ3) is 3.11. The minimum absolute atomic E-state index is 0.194. The van der Waals surface area contributed by atoms with E-state index in [9.17, 15) is 0 Å². The molecule has 1 heterocycles. The van der Waals surface area contributed by atoms with E-state index in [2.05, 4.69) is 28.1 Å². The number of benzene rings is 1.